The molecule has 2 aromatic rings. The predicted octanol–water partition coefficient (Wildman–Crippen LogP) is 4.65. The van der Waals surface area contributed by atoms with E-state index in [-0.39, 0.29) is 0 Å². The van der Waals surface area contributed by atoms with Gasteiger partial charge in [0.25, 0.3) is 0 Å². The Labute approximate surface area is 109 Å². The molecule has 1 aromatic heterocycles. The van der Waals surface area contributed by atoms with Gasteiger partial charge in [-0.1, -0.05) is 48.3 Å². The Morgan fingerprint density at radius 3 is 2.81 bits per heavy atom. The van der Waals surface area contributed by atoms with E-state index < -0.39 is 0 Å². The van der Waals surface area contributed by atoms with Crippen LogP contribution in [0.4, 0.5) is 0 Å². The minimum Gasteiger partial charge on any atom is -0.241 e. The summed E-state index contributed by atoms with van der Waals surface area (Å²) >= 11 is 5.58. The van der Waals surface area contributed by atoms with Crippen molar-refractivity contribution in [3.05, 3.63) is 29.3 Å². The van der Waals surface area contributed by atoms with Crippen molar-refractivity contribution in [1.82, 2.24) is 4.98 Å². The molecule has 1 heterocycles. The topological polar surface area (TPSA) is 12.9 Å². The number of hydrogen-bond donors (Lipinski definition) is 0. The fourth-order valence-electron chi connectivity index (χ4n) is 1.63. The van der Waals surface area contributed by atoms with Crippen LogP contribution in [0, 0.1) is 5.92 Å². The molecule has 0 aliphatic rings. The Bertz CT molecular complexity index is 433. The molecule has 0 aliphatic carbocycles. The van der Waals surface area contributed by atoms with E-state index in [1.807, 2.05) is 17.4 Å². The molecule has 0 saturated carbocycles. The minimum atomic E-state index is 0.540. The maximum absolute atomic E-state index is 4.66. The quantitative estimate of drug-likeness (QED) is 0.749. The second kappa shape index (κ2) is 5.28. The smallest absolute Gasteiger partial charge is 0.0949 e. The van der Waals surface area contributed by atoms with Crippen LogP contribution in [-0.2, 0) is 6.42 Å². The molecule has 2 unspecified atom stereocenters. The second-order valence-electron chi connectivity index (χ2n) is 4.18. The first kappa shape index (κ1) is 12.1. The summed E-state index contributed by atoms with van der Waals surface area (Å²) in [5.41, 5.74) is 1.13. The van der Waals surface area contributed by atoms with Crippen LogP contribution in [0.5, 0.6) is 0 Å². The molecule has 86 valence electrons. The summed E-state index contributed by atoms with van der Waals surface area (Å²) in [5, 5.41) is 1.24. The van der Waals surface area contributed by atoms with Gasteiger partial charge in [-0.3, -0.25) is 0 Å². The van der Waals surface area contributed by atoms with Crippen molar-refractivity contribution in [2.75, 3.05) is 0 Å². The molecule has 0 radical (unpaired) electrons. The summed E-state index contributed by atoms with van der Waals surface area (Å²) < 4.78 is 1.29. The van der Waals surface area contributed by atoms with Crippen LogP contribution >= 0.6 is 27.3 Å². The van der Waals surface area contributed by atoms with Crippen LogP contribution in [0.1, 0.15) is 25.3 Å². The van der Waals surface area contributed by atoms with Crippen LogP contribution in [0.3, 0.4) is 0 Å². The summed E-state index contributed by atoms with van der Waals surface area (Å²) in [6.45, 7) is 4.52. The average molecular weight is 298 g/mol. The normalized spacial score (nSPS) is 15.2. The van der Waals surface area contributed by atoms with Crippen LogP contribution < -0.4 is 0 Å². The number of nitrogens with zero attached hydrogens (tertiary/aromatic N) is 1. The lowest BCUT2D eigenvalue weighted by Crippen LogP contribution is -2.12. The monoisotopic (exact) mass is 297 g/mol. The van der Waals surface area contributed by atoms with E-state index in [0.717, 1.165) is 11.9 Å². The molecule has 16 heavy (non-hydrogen) atoms. The predicted molar refractivity (Wildman–Crippen MR) is 75.5 cm³/mol. The van der Waals surface area contributed by atoms with Crippen molar-refractivity contribution < 1.29 is 0 Å². The van der Waals surface area contributed by atoms with Crippen LogP contribution in [0.25, 0.3) is 10.2 Å². The lowest BCUT2D eigenvalue weighted by molar-refractivity contribution is 0.538. The fraction of sp³-hybridized carbons (Fsp3) is 0.462. The third-order valence-corrected chi connectivity index (χ3v) is 5.25. The maximum atomic E-state index is 4.66. The lowest BCUT2D eigenvalue weighted by Gasteiger charge is -2.14. The number of alkyl halides is 1. The first-order valence-electron chi connectivity index (χ1n) is 5.69. The molecule has 1 aromatic carbocycles. The Hall–Kier alpha value is -0.410. The zero-order valence-corrected chi connectivity index (χ0v) is 12.0. The number of hydrogen-bond acceptors (Lipinski definition) is 2. The highest BCUT2D eigenvalue weighted by atomic mass is 79.9. The van der Waals surface area contributed by atoms with Gasteiger partial charge >= 0.3 is 0 Å². The van der Waals surface area contributed by atoms with Crippen molar-refractivity contribution >= 4 is 37.5 Å². The van der Waals surface area contributed by atoms with E-state index in [1.54, 1.807) is 0 Å². The van der Waals surface area contributed by atoms with Gasteiger partial charge in [-0.05, 0) is 18.1 Å². The number of halogens is 1. The summed E-state index contributed by atoms with van der Waals surface area (Å²) in [6.07, 6.45) is 2.25. The van der Waals surface area contributed by atoms with Gasteiger partial charge in [0.2, 0.25) is 0 Å². The number of aromatic nitrogens is 1. The van der Waals surface area contributed by atoms with Gasteiger partial charge in [-0.15, -0.1) is 11.3 Å². The maximum Gasteiger partial charge on any atom is 0.0949 e. The summed E-state index contributed by atoms with van der Waals surface area (Å²) in [7, 11) is 0. The highest BCUT2D eigenvalue weighted by Gasteiger charge is 2.15. The Kier molecular flexibility index (Phi) is 3.98. The van der Waals surface area contributed by atoms with E-state index in [2.05, 4.69) is 53.0 Å². The standard InChI is InChI=1S/C13H16BrNS/c1-3-9(2)10(14)8-13-15-11-6-4-5-7-12(11)16-13/h4-7,9-10H,3,8H2,1-2H3. The van der Waals surface area contributed by atoms with E-state index in [4.69, 9.17) is 0 Å². The zero-order valence-electron chi connectivity index (χ0n) is 9.61. The summed E-state index contributed by atoms with van der Waals surface area (Å²) in [6, 6.07) is 8.35. The van der Waals surface area contributed by atoms with E-state index in [9.17, 15) is 0 Å². The van der Waals surface area contributed by atoms with Crippen LogP contribution in [0.15, 0.2) is 24.3 Å². The van der Waals surface area contributed by atoms with Gasteiger partial charge in [0, 0.05) is 11.2 Å². The van der Waals surface area contributed by atoms with Crippen molar-refractivity contribution in [3.63, 3.8) is 0 Å². The van der Waals surface area contributed by atoms with Crippen molar-refractivity contribution in [2.45, 2.75) is 31.5 Å². The molecule has 3 heteroatoms. The first-order chi connectivity index (χ1) is 7.70. The Balaban J connectivity index is 2.15. The van der Waals surface area contributed by atoms with E-state index in [1.165, 1.54) is 16.1 Å². The summed E-state index contributed by atoms with van der Waals surface area (Å²) in [5.74, 6) is 0.701. The largest absolute Gasteiger partial charge is 0.241 e. The third-order valence-electron chi connectivity index (χ3n) is 2.97. The molecule has 0 N–H and O–H groups in total. The molecular weight excluding hydrogens is 282 g/mol. The highest BCUT2D eigenvalue weighted by molar-refractivity contribution is 9.09. The first-order valence-corrected chi connectivity index (χ1v) is 7.42. The number of fused-ring (bicyclic) bond motifs is 1. The van der Waals surface area contributed by atoms with Gasteiger partial charge in [-0.25, -0.2) is 4.98 Å². The minimum absolute atomic E-state index is 0.540. The van der Waals surface area contributed by atoms with E-state index in [0.29, 0.717) is 10.7 Å². The van der Waals surface area contributed by atoms with Gasteiger partial charge < -0.3 is 0 Å². The molecule has 1 nitrogen and oxygen atoms in total. The lowest BCUT2D eigenvalue weighted by atomic mass is 10.0. The van der Waals surface area contributed by atoms with Gasteiger partial charge in [0.05, 0.1) is 15.2 Å². The average Bonchev–Trinajstić information content (AvgIpc) is 2.69. The molecule has 2 atom stereocenters. The number of benzene rings is 1. The second-order valence-corrected chi connectivity index (χ2v) is 6.47. The fourth-order valence-corrected chi connectivity index (χ4v) is 3.55. The third kappa shape index (κ3) is 2.64. The van der Waals surface area contributed by atoms with Crippen molar-refractivity contribution in [3.8, 4) is 0 Å². The molecule has 0 saturated heterocycles. The van der Waals surface area contributed by atoms with Crippen molar-refractivity contribution in [2.24, 2.45) is 5.92 Å². The molecule has 0 bridgehead atoms. The number of rotatable bonds is 4. The highest BCUT2D eigenvalue weighted by Crippen LogP contribution is 2.26. The van der Waals surface area contributed by atoms with Crippen LogP contribution in [0.2, 0.25) is 0 Å². The van der Waals surface area contributed by atoms with Gasteiger partial charge in [0.15, 0.2) is 0 Å². The van der Waals surface area contributed by atoms with Crippen LogP contribution in [-0.4, -0.2) is 9.81 Å². The van der Waals surface area contributed by atoms with Gasteiger partial charge in [-0.2, -0.15) is 0 Å². The van der Waals surface area contributed by atoms with Crippen molar-refractivity contribution in [1.29, 1.82) is 0 Å². The van der Waals surface area contributed by atoms with Gasteiger partial charge in [0.1, 0.15) is 0 Å². The molecule has 0 spiro atoms. The molecule has 0 aliphatic heterocycles. The molecular formula is C13H16BrNS. The zero-order chi connectivity index (χ0) is 11.5. The van der Waals surface area contributed by atoms with E-state index >= 15 is 0 Å². The Morgan fingerprint density at radius 1 is 1.38 bits per heavy atom. The summed E-state index contributed by atoms with van der Waals surface area (Å²) in [4.78, 5) is 5.20. The molecule has 0 amide bonds. The Morgan fingerprint density at radius 2 is 2.12 bits per heavy atom. The SMILES string of the molecule is CCC(C)C(Br)Cc1nc2ccccc2s1. The number of thiazole rings is 1. The molecule has 2 rings (SSSR count). The number of para-hydroxylation sites is 1. The molecule has 0 fully saturated rings.